The summed E-state index contributed by atoms with van der Waals surface area (Å²) in [6, 6.07) is 4.56. The van der Waals surface area contributed by atoms with E-state index < -0.39 is 10.9 Å². The van der Waals surface area contributed by atoms with Gasteiger partial charge in [0.25, 0.3) is 5.69 Å². The summed E-state index contributed by atoms with van der Waals surface area (Å²) in [5.41, 5.74) is 2.29. The van der Waals surface area contributed by atoms with E-state index in [4.69, 9.17) is 5.11 Å². The number of carbonyl (C=O) groups is 1. The maximum Gasteiger partial charge on any atom is 0.307 e. The first-order valence-electron chi connectivity index (χ1n) is 4.76. The fourth-order valence-electron chi connectivity index (χ4n) is 1.83. The van der Waals surface area contributed by atoms with Crippen LogP contribution in [0.25, 0.3) is 5.57 Å². The zero-order valence-electron chi connectivity index (χ0n) is 8.34. The van der Waals surface area contributed by atoms with Gasteiger partial charge in [-0.3, -0.25) is 14.9 Å². The van der Waals surface area contributed by atoms with Crippen molar-refractivity contribution in [2.75, 3.05) is 0 Å². The number of aliphatic carboxylic acids is 1. The maximum atomic E-state index is 10.6. The third kappa shape index (κ3) is 1.79. The summed E-state index contributed by atoms with van der Waals surface area (Å²) in [4.78, 5) is 20.7. The Balaban J connectivity index is 2.38. The lowest BCUT2D eigenvalue weighted by molar-refractivity contribution is -0.384. The van der Waals surface area contributed by atoms with Crippen molar-refractivity contribution in [3.8, 4) is 0 Å². The predicted molar refractivity (Wildman–Crippen MR) is 57.0 cm³/mol. The molecule has 0 radical (unpaired) electrons. The van der Waals surface area contributed by atoms with Crippen molar-refractivity contribution in [2.45, 2.75) is 12.8 Å². The van der Waals surface area contributed by atoms with Crippen molar-refractivity contribution in [1.29, 1.82) is 0 Å². The number of non-ortho nitro benzene ring substituents is 1. The van der Waals surface area contributed by atoms with E-state index in [2.05, 4.69) is 0 Å². The highest BCUT2D eigenvalue weighted by Gasteiger charge is 2.19. The fraction of sp³-hybridized carbons (Fsp3) is 0.182. The summed E-state index contributed by atoms with van der Waals surface area (Å²) in [5, 5.41) is 19.3. The molecule has 5 heteroatoms. The van der Waals surface area contributed by atoms with Crippen LogP contribution in [0.2, 0.25) is 0 Å². The quantitative estimate of drug-likeness (QED) is 0.622. The summed E-state index contributed by atoms with van der Waals surface area (Å²) in [6.45, 7) is 0. The minimum absolute atomic E-state index is 0.00283. The molecule has 2 rings (SSSR count). The average Bonchev–Trinajstić information content (AvgIpc) is 2.60. The molecule has 0 saturated heterocycles. The molecule has 0 fully saturated rings. The highest BCUT2D eigenvalue weighted by Crippen LogP contribution is 2.32. The first-order valence-corrected chi connectivity index (χ1v) is 4.76. The van der Waals surface area contributed by atoms with E-state index in [-0.39, 0.29) is 12.1 Å². The first-order chi connectivity index (χ1) is 7.58. The van der Waals surface area contributed by atoms with Gasteiger partial charge in [-0.05, 0) is 23.1 Å². The van der Waals surface area contributed by atoms with E-state index >= 15 is 0 Å². The van der Waals surface area contributed by atoms with Crippen molar-refractivity contribution in [1.82, 2.24) is 0 Å². The van der Waals surface area contributed by atoms with Crippen LogP contribution in [0.3, 0.4) is 0 Å². The van der Waals surface area contributed by atoms with Gasteiger partial charge < -0.3 is 5.11 Å². The summed E-state index contributed by atoms with van der Waals surface area (Å²) in [5.74, 6) is -0.925. The van der Waals surface area contributed by atoms with Crippen LogP contribution in [0.15, 0.2) is 24.3 Å². The molecule has 0 spiro atoms. The molecule has 1 aromatic rings. The van der Waals surface area contributed by atoms with Crippen molar-refractivity contribution < 1.29 is 14.8 Å². The van der Waals surface area contributed by atoms with E-state index in [0.29, 0.717) is 17.6 Å². The van der Waals surface area contributed by atoms with Gasteiger partial charge in [-0.25, -0.2) is 0 Å². The molecule has 0 aliphatic heterocycles. The van der Waals surface area contributed by atoms with Crippen LogP contribution in [-0.4, -0.2) is 16.0 Å². The number of carboxylic acids is 1. The summed E-state index contributed by atoms with van der Waals surface area (Å²) in [7, 11) is 0. The lowest BCUT2D eigenvalue weighted by atomic mass is 10.0. The van der Waals surface area contributed by atoms with E-state index in [1.807, 2.05) is 6.08 Å². The molecule has 5 nitrogen and oxygen atoms in total. The average molecular weight is 219 g/mol. The Morgan fingerprint density at radius 3 is 2.88 bits per heavy atom. The third-order valence-corrected chi connectivity index (χ3v) is 2.56. The Morgan fingerprint density at radius 1 is 1.50 bits per heavy atom. The van der Waals surface area contributed by atoms with Crippen molar-refractivity contribution in [3.05, 3.63) is 45.5 Å². The predicted octanol–water partition coefficient (Wildman–Crippen LogP) is 2.01. The van der Waals surface area contributed by atoms with E-state index in [1.54, 1.807) is 6.07 Å². The number of hydrogen-bond acceptors (Lipinski definition) is 3. The normalized spacial score (nSPS) is 13.1. The first kappa shape index (κ1) is 10.4. The van der Waals surface area contributed by atoms with E-state index in [9.17, 15) is 14.9 Å². The molecule has 0 bridgehead atoms. The molecule has 0 aromatic heterocycles. The Bertz CT molecular complexity index is 505. The second-order valence-corrected chi connectivity index (χ2v) is 3.60. The van der Waals surface area contributed by atoms with Gasteiger partial charge in [-0.2, -0.15) is 0 Å². The van der Waals surface area contributed by atoms with Crippen LogP contribution < -0.4 is 0 Å². The highest BCUT2D eigenvalue weighted by molar-refractivity contribution is 5.87. The molecule has 1 aromatic carbocycles. The molecule has 0 unspecified atom stereocenters. The SMILES string of the molecule is O=C(O)CC1=CCc2ccc([N+](=O)[O-])cc21. The zero-order chi connectivity index (χ0) is 11.7. The smallest absolute Gasteiger partial charge is 0.307 e. The van der Waals surface area contributed by atoms with Crippen LogP contribution in [0.4, 0.5) is 5.69 Å². The number of benzene rings is 1. The van der Waals surface area contributed by atoms with Gasteiger partial charge in [0.15, 0.2) is 0 Å². The number of nitro groups is 1. The van der Waals surface area contributed by atoms with Gasteiger partial charge in [-0.15, -0.1) is 0 Å². The lowest BCUT2D eigenvalue weighted by Crippen LogP contribution is -1.97. The molecular formula is C11H9NO4. The van der Waals surface area contributed by atoms with Gasteiger partial charge in [0.1, 0.15) is 0 Å². The van der Waals surface area contributed by atoms with Crippen molar-refractivity contribution in [2.24, 2.45) is 0 Å². The molecule has 0 saturated carbocycles. The molecule has 0 heterocycles. The van der Waals surface area contributed by atoms with Gasteiger partial charge in [0.05, 0.1) is 11.3 Å². The maximum absolute atomic E-state index is 10.6. The molecule has 1 N–H and O–H groups in total. The van der Waals surface area contributed by atoms with Crippen LogP contribution in [0, 0.1) is 10.1 Å². The zero-order valence-corrected chi connectivity index (χ0v) is 8.34. The summed E-state index contributed by atoms with van der Waals surface area (Å²) in [6.07, 6.45) is 2.37. The minimum Gasteiger partial charge on any atom is -0.481 e. The van der Waals surface area contributed by atoms with Crippen LogP contribution in [0.5, 0.6) is 0 Å². The number of nitrogens with zero attached hydrogens (tertiary/aromatic N) is 1. The Labute approximate surface area is 91.2 Å². The second-order valence-electron chi connectivity index (χ2n) is 3.60. The summed E-state index contributed by atoms with van der Waals surface area (Å²) >= 11 is 0. The molecule has 1 aliphatic carbocycles. The number of nitro benzene ring substituents is 1. The number of rotatable bonds is 3. The van der Waals surface area contributed by atoms with Crippen LogP contribution in [-0.2, 0) is 11.2 Å². The third-order valence-electron chi connectivity index (χ3n) is 2.56. The minimum atomic E-state index is -0.925. The van der Waals surface area contributed by atoms with E-state index in [1.165, 1.54) is 12.1 Å². The monoisotopic (exact) mass is 219 g/mol. The van der Waals surface area contributed by atoms with Gasteiger partial charge in [0.2, 0.25) is 0 Å². The number of fused-ring (bicyclic) bond motifs is 1. The van der Waals surface area contributed by atoms with Gasteiger partial charge >= 0.3 is 5.97 Å². The number of hydrogen-bond donors (Lipinski definition) is 1. The molecular weight excluding hydrogens is 210 g/mol. The van der Waals surface area contributed by atoms with Crippen molar-refractivity contribution >= 4 is 17.2 Å². The van der Waals surface area contributed by atoms with Crippen LogP contribution in [0.1, 0.15) is 17.5 Å². The topological polar surface area (TPSA) is 80.4 Å². The molecule has 0 atom stereocenters. The number of carboxylic acid groups (broad SMARTS) is 1. The fourth-order valence-corrected chi connectivity index (χ4v) is 1.83. The molecule has 82 valence electrons. The van der Waals surface area contributed by atoms with E-state index in [0.717, 1.165) is 5.56 Å². The highest BCUT2D eigenvalue weighted by atomic mass is 16.6. The molecule has 0 amide bonds. The Morgan fingerprint density at radius 2 is 2.25 bits per heavy atom. The largest absolute Gasteiger partial charge is 0.481 e. The van der Waals surface area contributed by atoms with Gasteiger partial charge in [-0.1, -0.05) is 12.1 Å². The Hall–Kier alpha value is -2.17. The summed E-state index contributed by atoms with van der Waals surface area (Å²) < 4.78 is 0. The van der Waals surface area contributed by atoms with Gasteiger partial charge in [0, 0.05) is 12.1 Å². The second kappa shape index (κ2) is 3.77. The Kier molecular flexibility index (Phi) is 2.44. The van der Waals surface area contributed by atoms with Crippen molar-refractivity contribution in [3.63, 3.8) is 0 Å². The standard InChI is InChI=1S/C11H9NO4/c13-11(14)5-8-2-1-7-3-4-9(12(15)16)6-10(7)8/h2-4,6H,1,5H2,(H,13,14). The van der Waals surface area contributed by atoms with Crippen LogP contribution >= 0.6 is 0 Å². The molecule has 16 heavy (non-hydrogen) atoms. The lowest BCUT2D eigenvalue weighted by Gasteiger charge is -2.02. The number of allylic oxidation sites excluding steroid dienone is 1. The molecule has 1 aliphatic rings.